The Bertz CT molecular complexity index is 100. The van der Waals surface area contributed by atoms with Gasteiger partial charge in [0.2, 0.25) is 0 Å². The highest BCUT2D eigenvalue weighted by molar-refractivity contribution is 4.65. The fraction of sp³-hybridized carbons (Fsp3) is 1.00. The quantitative estimate of drug-likeness (QED) is 0.637. The second-order valence-electron chi connectivity index (χ2n) is 3.64. The monoisotopic (exact) mass is 171 g/mol. The summed E-state index contributed by atoms with van der Waals surface area (Å²) in [5.41, 5.74) is 0. The van der Waals surface area contributed by atoms with Crippen LogP contribution in [-0.4, -0.2) is 26.3 Å². The van der Waals surface area contributed by atoms with Crippen LogP contribution in [0, 0.1) is 5.92 Å². The number of rotatable bonds is 5. The Morgan fingerprint density at radius 2 is 2.42 bits per heavy atom. The summed E-state index contributed by atoms with van der Waals surface area (Å²) in [4.78, 5) is 0. The van der Waals surface area contributed by atoms with Gasteiger partial charge < -0.3 is 10.1 Å². The number of unbranched alkanes of at least 4 members (excludes halogenated alkanes) is 1. The normalized spacial score (nSPS) is 24.2. The van der Waals surface area contributed by atoms with E-state index in [1.807, 2.05) is 0 Å². The summed E-state index contributed by atoms with van der Waals surface area (Å²) < 4.78 is 5.40. The largest absolute Gasteiger partial charge is 0.381 e. The Morgan fingerprint density at radius 3 is 3.08 bits per heavy atom. The number of hydrogen-bond acceptors (Lipinski definition) is 2. The minimum Gasteiger partial charge on any atom is -0.381 e. The summed E-state index contributed by atoms with van der Waals surface area (Å²) >= 11 is 0. The van der Waals surface area contributed by atoms with Gasteiger partial charge in [0, 0.05) is 13.2 Å². The van der Waals surface area contributed by atoms with E-state index in [1.54, 1.807) is 0 Å². The number of hydrogen-bond donors (Lipinski definition) is 1. The van der Waals surface area contributed by atoms with Crippen LogP contribution in [0.25, 0.3) is 0 Å². The molecule has 0 radical (unpaired) electrons. The first-order chi connectivity index (χ1) is 5.93. The highest BCUT2D eigenvalue weighted by Gasteiger charge is 2.12. The molecule has 0 aromatic carbocycles. The predicted molar refractivity (Wildman–Crippen MR) is 51.3 cm³/mol. The van der Waals surface area contributed by atoms with Gasteiger partial charge in [-0.15, -0.1) is 0 Å². The second kappa shape index (κ2) is 6.44. The molecule has 0 amide bonds. The van der Waals surface area contributed by atoms with Crippen LogP contribution in [0.4, 0.5) is 0 Å². The van der Waals surface area contributed by atoms with Crippen molar-refractivity contribution >= 4 is 0 Å². The summed E-state index contributed by atoms with van der Waals surface area (Å²) in [7, 11) is 0. The van der Waals surface area contributed by atoms with E-state index < -0.39 is 0 Å². The van der Waals surface area contributed by atoms with Crippen molar-refractivity contribution in [2.24, 2.45) is 5.92 Å². The van der Waals surface area contributed by atoms with Crippen molar-refractivity contribution in [2.45, 2.75) is 32.6 Å². The molecule has 1 aliphatic heterocycles. The van der Waals surface area contributed by atoms with Crippen LogP contribution in [0.2, 0.25) is 0 Å². The van der Waals surface area contributed by atoms with E-state index in [0.717, 1.165) is 25.7 Å². The molecule has 72 valence electrons. The molecule has 1 heterocycles. The fourth-order valence-corrected chi connectivity index (χ4v) is 1.58. The highest BCUT2D eigenvalue weighted by Crippen LogP contribution is 2.11. The Balaban J connectivity index is 1.91. The topological polar surface area (TPSA) is 21.3 Å². The zero-order valence-corrected chi connectivity index (χ0v) is 8.14. The molecule has 1 saturated heterocycles. The van der Waals surface area contributed by atoms with E-state index in [2.05, 4.69) is 12.2 Å². The van der Waals surface area contributed by atoms with Crippen molar-refractivity contribution in [3.63, 3.8) is 0 Å². The predicted octanol–water partition coefficient (Wildman–Crippen LogP) is 1.80. The average molecular weight is 171 g/mol. The molecule has 0 aromatic heterocycles. The smallest absolute Gasteiger partial charge is 0.0506 e. The van der Waals surface area contributed by atoms with Crippen LogP contribution in [0.1, 0.15) is 32.6 Å². The van der Waals surface area contributed by atoms with Crippen molar-refractivity contribution in [3.05, 3.63) is 0 Å². The van der Waals surface area contributed by atoms with Crippen molar-refractivity contribution < 1.29 is 4.74 Å². The van der Waals surface area contributed by atoms with Crippen LogP contribution >= 0.6 is 0 Å². The van der Waals surface area contributed by atoms with Crippen LogP contribution in [0.5, 0.6) is 0 Å². The third kappa shape index (κ3) is 4.07. The van der Waals surface area contributed by atoms with Crippen molar-refractivity contribution in [1.82, 2.24) is 5.32 Å². The van der Waals surface area contributed by atoms with Crippen molar-refractivity contribution in [3.8, 4) is 0 Å². The van der Waals surface area contributed by atoms with Gasteiger partial charge in [-0.1, -0.05) is 13.3 Å². The van der Waals surface area contributed by atoms with Gasteiger partial charge in [0.05, 0.1) is 6.61 Å². The molecule has 0 bridgehead atoms. The van der Waals surface area contributed by atoms with Gasteiger partial charge in [-0.05, 0) is 31.7 Å². The lowest BCUT2D eigenvalue weighted by atomic mass is 10.0. The van der Waals surface area contributed by atoms with Crippen LogP contribution < -0.4 is 5.32 Å². The van der Waals surface area contributed by atoms with Crippen molar-refractivity contribution in [1.29, 1.82) is 0 Å². The Hall–Kier alpha value is -0.0800. The molecule has 2 heteroatoms. The number of nitrogens with one attached hydrogen (secondary N) is 1. The molecule has 0 aliphatic carbocycles. The standard InChI is InChI=1S/C10H21NO/c1-2-3-6-11-8-10-5-4-7-12-9-10/h10-11H,2-9H2,1H3. The first-order valence-corrected chi connectivity index (χ1v) is 5.22. The molecule has 1 rings (SSSR count). The first kappa shape index (κ1) is 10.0. The third-order valence-electron chi connectivity index (χ3n) is 2.39. The van der Waals surface area contributed by atoms with Crippen LogP contribution in [-0.2, 0) is 4.74 Å². The molecule has 12 heavy (non-hydrogen) atoms. The molecule has 2 nitrogen and oxygen atoms in total. The molecule has 1 N–H and O–H groups in total. The molecule has 1 atom stereocenters. The molecule has 0 aromatic rings. The minimum absolute atomic E-state index is 0.774. The van der Waals surface area contributed by atoms with Crippen molar-refractivity contribution in [2.75, 3.05) is 26.3 Å². The molecule has 0 saturated carbocycles. The van der Waals surface area contributed by atoms with E-state index >= 15 is 0 Å². The lowest BCUT2D eigenvalue weighted by Crippen LogP contribution is -2.29. The summed E-state index contributed by atoms with van der Waals surface area (Å²) in [5, 5.41) is 3.48. The molecule has 1 fully saturated rings. The lowest BCUT2D eigenvalue weighted by Gasteiger charge is -2.22. The molecular weight excluding hydrogens is 150 g/mol. The highest BCUT2D eigenvalue weighted by atomic mass is 16.5. The summed E-state index contributed by atoms with van der Waals surface area (Å²) in [6.45, 7) is 6.50. The van der Waals surface area contributed by atoms with Crippen LogP contribution in [0.15, 0.2) is 0 Å². The SMILES string of the molecule is CCCCNCC1CCCOC1. The van der Waals surface area contributed by atoms with Gasteiger partial charge in [-0.3, -0.25) is 0 Å². The van der Waals surface area contributed by atoms with E-state index in [-0.39, 0.29) is 0 Å². The first-order valence-electron chi connectivity index (χ1n) is 5.22. The van der Waals surface area contributed by atoms with E-state index in [1.165, 1.54) is 32.2 Å². The summed E-state index contributed by atoms with van der Waals surface area (Å²) in [5.74, 6) is 0.774. The maximum atomic E-state index is 5.40. The van der Waals surface area contributed by atoms with Gasteiger partial charge in [-0.2, -0.15) is 0 Å². The minimum atomic E-state index is 0.774. The Morgan fingerprint density at radius 1 is 1.50 bits per heavy atom. The zero-order chi connectivity index (χ0) is 8.65. The summed E-state index contributed by atoms with van der Waals surface area (Å²) in [6, 6.07) is 0. The molecular formula is C10H21NO. The zero-order valence-electron chi connectivity index (χ0n) is 8.14. The molecule has 1 unspecified atom stereocenters. The Labute approximate surface area is 75.7 Å². The molecule has 0 spiro atoms. The molecule has 1 aliphatic rings. The van der Waals surface area contributed by atoms with Crippen LogP contribution in [0.3, 0.4) is 0 Å². The van der Waals surface area contributed by atoms with Gasteiger partial charge in [0.1, 0.15) is 0 Å². The second-order valence-corrected chi connectivity index (χ2v) is 3.64. The summed E-state index contributed by atoms with van der Waals surface area (Å²) in [6.07, 6.45) is 5.18. The van der Waals surface area contributed by atoms with Gasteiger partial charge in [-0.25, -0.2) is 0 Å². The Kier molecular flexibility index (Phi) is 5.37. The maximum absolute atomic E-state index is 5.40. The lowest BCUT2D eigenvalue weighted by molar-refractivity contribution is 0.0549. The average Bonchev–Trinajstić information content (AvgIpc) is 2.14. The third-order valence-corrected chi connectivity index (χ3v) is 2.39. The van der Waals surface area contributed by atoms with Gasteiger partial charge in [0.25, 0.3) is 0 Å². The van der Waals surface area contributed by atoms with Gasteiger partial charge >= 0.3 is 0 Å². The number of ether oxygens (including phenoxy) is 1. The van der Waals surface area contributed by atoms with E-state index in [9.17, 15) is 0 Å². The van der Waals surface area contributed by atoms with E-state index in [0.29, 0.717) is 0 Å². The maximum Gasteiger partial charge on any atom is 0.0506 e. The van der Waals surface area contributed by atoms with E-state index in [4.69, 9.17) is 4.74 Å². The fourth-order valence-electron chi connectivity index (χ4n) is 1.58. The van der Waals surface area contributed by atoms with Gasteiger partial charge in [0.15, 0.2) is 0 Å².